The second-order valence-corrected chi connectivity index (χ2v) is 6.76. The number of carboxylic acids is 1. The van der Waals surface area contributed by atoms with E-state index in [4.69, 9.17) is 9.84 Å². The van der Waals surface area contributed by atoms with Crippen molar-refractivity contribution in [3.05, 3.63) is 35.9 Å². The van der Waals surface area contributed by atoms with Crippen LogP contribution in [0.2, 0.25) is 0 Å². The third-order valence-electron chi connectivity index (χ3n) is 4.40. The first kappa shape index (κ1) is 19.2. The summed E-state index contributed by atoms with van der Waals surface area (Å²) in [4.78, 5) is 25.0. The van der Waals surface area contributed by atoms with E-state index in [1.54, 1.807) is 4.90 Å². The highest BCUT2D eigenvalue weighted by molar-refractivity contribution is 5.76. The average Bonchev–Trinajstić information content (AvgIpc) is 2.61. The molecular weight excluding hydrogens is 320 g/mol. The quantitative estimate of drug-likeness (QED) is 0.708. The summed E-state index contributed by atoms with van der Waals surface area (Å²) in [5, 5.41) is 12.0. The second kappa shape index (κ2) is 10.0. The van der Waals surface area contributed by atoms with Crippen molar-refractivity contribution in [3.8, 4) is 0 Å². The first-order valence-electron chi connectivity index (χ1n) is 8.93. The number of piperidine rings is 1. The predicted octanol–water partition coefficient (Wildman–Crippen LogP) is 2.74. The van der Waals surface area contributed by atoms with Gasteiger partial charge in [0.15, 0.2) is 0 Å². The first-order valence-corrected chi connectivity index (χ1v) is 8.93. The molecule has 0 saturated carbocycles. The van der Waals surface area contributed by atoms with Gasteiger partial charge in [0, 0.05) is 26.2 Å². The number of benzene rings is 1. The Morgan fingerprint density at radius 2 is 2.00 bits per heavy atom. The molecule has 1 aliphatic rings. The van der Waals surface area contributed by atoms with Gasteiger partial charge in [0.25, 0.3) is 0 Å². The van der Waals surface area contributed by atoms with Crippen molar-refractivity contribution in [2.24, 2.45) is 11.8 Å². The molecule has 1 aliphatic heterocycles. The highest BCUT2D eigenvalue weighted by Crippen LogP contribution is 2.21. The largest absolute Gasteiger partial charge is 0.481 e. The van der Waals surface area contributed by atoms with Gasteiger partial charge in [-0.05, 0) is 30.7 Å². The fraction of sp³-hybridized carbons (Fsp3) is 0.579. The molecule has 1 aromatic carbocycles. The molecule has 0 aromatic heterocycles. The van der Waals surface area contributed by atoms with Crippen LogP contribution < -0.4 is 5.32 Å². The van der Waals surface area contributed by atoms with Crippen molar-refractivity contribution >= 4 is 12.0 Å². The number of nitrogens with one attached hydrogen (secondary N) is 1. The lowest BCUT2D eigenvalue weighted by Crippen LogP contribution is -2.49. The van der Waals surface area contributed by atoms with E-state index in [0.717, 1.165) is 18.4 Å². The number of likely N-dealkylation sites (tertiary alicyclic amines) is 1. The standard InChI is InChI=1S/C19H28N2O4/c1-15-11-17(18(22)23)13-21(12-15)19(24)20-9-5-6-10-25-14-16-7-3-2-4-8-16/h2-4,7-8,15,17H,5-6,9-14H2,1H3,(H,20,24)(H,22,23). The Kier molecular flexibility index (Phi) is 7.73. The van der Waals surface area contributed by atoms with E-state index in [9.17, 15) is 9.59 Å². The lowest BCUT2D eigenvalue weighted by atomic mass is 9.91. The zero-order chi connectivity index (χ0) is 18.1. The maximum Gasteiger partial charge on any atom is 0.317 e. The van der Waals surface area contributed by atoms with Crippen molar-refractivity contribution in [1.82, 2.24) is 10.2 Å². The van der Waals surface area contributed by atoms with Gasteiger partial charge in [-0.25, -0.2) is 4.79 Å². The monoisotopic (exact) mass is 348 g/mol. The van der Waals surface area contributed by atoms with Gasteiger partial charge in [-0.3, -0.25) is 4.79 Å². The summed E-state index contributed by atoms with van der Waals surface area (Å²) in [6.45, 7) is 4.75. The molecule has 1 heterocycles. The number of urea groups is 1. The van der Waals surface area contributed by atoms with Gasteiger partial charge in [0.05, 0.1) is 12.5 Å². The third-order valence-corrected chi connectivity index (χ3v) is 4.40. The van der Waals surface area contributed by atoms with Crippen molar-refractivity contribution in [3.63, 3.8) is 0 Å². The van der Waals surface area contributed by atoms with Gasteiger partial charge < -0.3 is 20.1 Å². The Morgan fingerprint density at radius 3 is 2.72 bits per heavy atom. The number of aliphatic carboxylic acids is 1. The fourth-order valence-corrected chi connectivity index (χ4v) is 3.10. The van der Waals surface area contributed by atoms with Crippen LogP contribution in [-0.4, -0.2) is 48.2 Å². The number of nitrogens with zero attached hydrogens (tertiary/aromatic N) is 1. The molecule has 0 radical (unpaired) electrons. The topological polar surface area (TPSA) is 78.9 Å². The van der Waals surface area contributed by atoms with Crippen molar-refractivity contribution in [2.75, 3.05) is 26.2 Å². The van der Waals surface area contributed by atoms with E-state index in [2.05, 4.69) is 5.32 Å². The van der Waals surface area contributed by atoms with E-state index in [1.165, 1.54) is 0 Å². The Morgan fingerprint density at radius 1 is 1.24 bits per heavy atom. The average molecular weight is 348 g/mol. The minimum Gasteiger partial charge on any atom is -0.481 e. The molecule has 6 nitrogen and oxygen atoms in total. The van der Waals surface area contributed by atoms with Crippen molar-refractivity contribution in [1.29, 1.82) is 0 Å². The van der Waals surface area contributed by atoms with Crippen molar-refractivity contribution in [2.45, 2.75) is 32.8 Å². The Bertz CT molecular complexity index is 550. The van der Waals surface area contributed by atoms with Crippen LogP contribution in [-0.2, 0) is 16.1 Å². The highest BCUT2D eigenvalue weighted by atomic mass is 16.5. The SMILES string of the molecule is CC1CC(C(=O)O)CN(C(=O)NCCCCOCc2ccccc2)C1. The minimum atomic E-state index is -0.820. The molecule has 0 spiro atoms. The molecular formula is C19H28N2O4. The number of carbonyl (C=O) groups excluding carboxylic acids is 1. The molecule has 0 bridgehead atoms. The second-order valence-electron chi connectivity index (χ2n) is 6.76. The van der Waals surface area contributed by atoms with Gasteiger partial charge >= 0.3 is 12.0 Å². The van der Waals surface area contributed by atoms with Gasteiger partial charge in [0.2, 0.25) is 0 Å². The van der Waals surface area contributed by atoms with E-state index in [0.29, 0.717) is 39.3 Å². The number of hydrogen-bond acceptors (Lipinski definition) is 3. The predicted molar refractivity (Wildman–Crippen MR) is 95.2 cm³/mol. The molecule has 0 aliphatic carbocycles. The zero-order valence-corrected chi connectivity index (χ0v) is 14.8. The molecule has 1 fully saturated rings. The van der Waals surface area contributed by atoms with Crippen LogP contribution in [0.25, 0.3) is 0 Å². The van der Waals surface area contributed by atoms with Crippen LogP contribution >= 0.6 is 0 Å². The molecule has 2 atom stereocenters. The highest BCUT2D eigenvalue weighted by Gasteiger charge is 2.31. The lowest BCUT2D eigenvalue weighted by molar-refractivity contribution is -0.143. The molecule has 2 N–H and O–H groups in total. The molecule has 25 heavy (non-hydrogen) atoms. The van der Waals surface area contributed by atoms with Crippen molar-refractivity contribution < 1.29 is 19.4 Å². The van der Waals surface area contributed by atoms with Gasteiger partial charge in [-0.2, -0.15) is 0 Å². The van der Waals surface area contributed by atoms with Gasteiger partial charge in [-0.15, -0.1) is 0 Å². The molecule has 2 unspecified atom stereocenters. The van der Waals surface area contributed by atoms with E-state index >= 15 is 0 Å². The Hall–Kier alpha value is -2.08. The third kappa shape index (κ3) is 6.74. The van der Waals surface area contributed by atoms with Crippen LogP contribution in [0.5, 0.6) is 0 Å². The summed E-state index contributed by atoms with van der Waals surface area (Å²) in [5.74, 6) is -1.06. The molecule has 138 valence electrons. The molecule has 2 rings (SSSR count). The van der Waals surface area contributed by atoms with Gasteiger partial charge in [-0.1, -0.05) is 37.3 Å². The van der Waals surface area contributed by atoms with Crippen LogP contribution in [0.15, 0.2) is 30.3 Å². The zero-order valence-electron chi connectivity index (χ0n) is 14.8. The van der Waals surface area contributed by atoms with E-state index in [1.807, 2.05) is 37.3 Å². The fourth-order valence-electron chi connectivity index (χ4n) is 3.10. The summed E-state index contributed by atoms with van der Waals surface area (Å²) < 4.78 is 5.61. The Balaban J connectivity index is 1.56. The van der Waals surface area contributed by atoms with Crippen LogP contribution in [0.4, 0.5) is 4.79 Å². The Labute approximate surface area is 149 Å². The summed E-state index contributed by atoms with van der Waals surface area (Å²) in [5.41, 5.74) is 1.16. The number of carboxylic acid groups (broad SMARTS) is 1. The number of hydrogen-bond donors (Lipinski definition) is 2. The van der Waals surface area contributed by atoms with E-state index in [-0.39, 0.29) is 11.9 Å². The van der Waals surface area contributed by atoms with Crippen LogP contribution in [0.3, 0.4) is 0 Å². The van der Waals surface area contributed by atoms with Crippen LogP contribution in [0.1, 0.15) is 31.7 Å². The molecule has 6 heteroatoms. The summed E-state index contributed by atoms with van der Waals surface area (Å²) >= 11 is 0. The summed E-state index contributed by atoms with van der Waals surface area (Å²) in [6, 6.07) is 9.86. The number of rotatable bonds is 8. The number of amides is 2. The lowest BCUT2D eigenvalue weighted by Gasteiger charge is -2.34. The number of ether oxygens (including phenoxy) is 1. The first-order chi connectivity index (χ1) is 12.1. The summed E-state index contributed by atoms with van der Waals surface area (Å²) in [6.07, 6.45) is 2.35. The summed E-state index contributed by atoms with van der Waals surface area (Å²) in [7, 11) is 0. The smallest absolute Gasteiger partial charge is 0.317 e. The van der Waals surface area contributed by atoms with Gasteiger partial charge in [0.1, 0.15) is 0 Å². The maximum atomic E-state index is 12.2. The molecule has 1 saturated heterocycles. The molecule has 1 aromatic rings. The maximum absolute atomic E-state index is 12.2. The van der Waals surface area contributed by atoms with Crippen LogP contribution in [0, 0.1) is 11.8 Å². The minimum absolute atomic E-state index is 0.164. The number of carbonyl (C=O) groups is 2. The normalized spacial score (nSPS) is 20.3. The molecule has 2 amide bonds. The number of unbranched alkanes of at least 4 members (excludes halogenated alkanes) is 1. The van der Waals surface area contributed by atoms with E-state index < -0.39 is 11.9 Å².